The molecule has 0 amide bonds. The smallest absolute Gasteiger partial charge is 0.0612 e. The van der Waals surface area contributed by atoms with Gasteiger partial charge in [-0.1, -0.05) is 33.6 Å². The Morgan fingerprint density at radius 2 is 2.20 bits per heavy atom. The summed E-state index contributed by atoms with van der Waals surface area (Å²) in [5, 5.41) is 0. The molecule has 0 aromatic heterocycles. The molecular formula is C14H26O. The van der Waals surface area contributed by atoms with E-state index in [9.17, 15) is 0 Å². The van der Waals surface area contributed by atoms with Crippen molar-refractivity contribution < 1.29 is 4.74 Å². The maximum Gasteiger partial charge on any atom is 0.0612 e. The van der Waals surface area contributed by atoms with Gasteiger partial charge in [0.1, 0.15) is 0 Å². The fourth-order valence-corrected chi connectivity index (χ4v) is 3.50. The van der Waals surface area contributed by atoms with Crippen molar-refractivity contribution in [2.45, 2.75) is 65.4 Å². The van der Waals surface area contributed by atoms with Gasteiger partial charge in [-0.3, -0.25) is 0 Å². The van der Waals surface area contributed by atoms with E-state index in [-0.39, 0.29) is 0 Å². The lowest BCUT2D eigenvalue weighted by molar-refractivity contribution is 0.00951. The highest BCUT2D eigenvalue weighted by atomic mass is 16.5. The van der Waals surface area contributed by atoms with E-state index in [1.54, 1.807) is 0 Å². The first-order valence-electron chi connectivity index (χ1n) is 6.76. The molecule has 1 heterocycles. The van der Waals surface area contributed by atoms with Crippen LogP contribution in [0.4, 0.5) is 0 Å². The van der Waals surface area contributed by atoms with Crippen molar-refractivity contribution in [3.63, 3.8) is 0 Å². The van der Waals surface area contributed by atoms with Gasteiger partial charge in [0.2, 0.25) is 0 Å². The van der Waals surface area contributed by atoms with Crippen LogP contribution in [0.3, 0.4) is 0 Å². The third kappa shape index (κ3) is 2.38. The predicted octanol–water partition coefficient (Wildman–Crippen LogP) is 4.02. The van der Waals surface area contributed by atoms with Crippen molar-refractivity contribution in [3.05, 3.63) is 0 Å². The third-order valence-corrected chi connectivity index (χ3v) is 4.69. The monoisotopic (exact) mass is 210 g/mol. The van der Waals surface area contributed by atoms with Crippen LogP contribution < -0.4 is 0 Å². The first-order valence-corrected chi connectivity index (χ1v) is 6.76. The molecule has 2 aliphatic rings. The Labute approximate surface area is 94.6 Å². The molecule has 0 bridgehead atoms. The SMILES string of the molecule is CCCCC1(C)CC[C@@H]2C(C1)OC[C@@H]2C. The summed E-state index contributed by atoms with van der Waals surface area (Å²) < 4.78 is 5.94. The summed E-state index contributed by atoms with van der Waals surface area (Å²) in [6.07, 6.45) is 8.89. The van der Waals surface area contributed by atoms with Gasteiger partial charge in [-0.15, -0.1) is 0 Å². The highest BCUT2D eigenvalue weighted by Gasteiger charge is 2.43. The molecule has 1 aliphatic carbocycles. The van der Waals surface area contributed by atoms with Gasteiger partial charge in [0.15, 0.2) is 0 Å². The van der Waals surface area contributed by atoms with E-state index in [4.69, 9.17) is 4.74 Å². The molecule has 0 N–H and O–H groups in total. The quantitative estimate of drug-likeness (QED) is 0.683. The van der Waals surface area contributed by atoms with E-state index in [1.165, 1.54) is 38.5 Å². The Hall–Kier alpha value is -0.0400. The van der Waals surface area contributed by atoms with Crippen LogP contribution in [0.2, 0.25) is 0 Å². The molecule has 2 unspecified atom stereocenters. The normalized spacial score (nSPS) is 45.4. The van der Waals surface area contributed by atoms with Gasteiger partial charge in [0.05, 0.1) is 6.10 Å². The van der Waals surface area contributed by atoms with Crippen LogP contribution in [0.1, 0.15) is 59.3 Å². The molecule has 2 rings (SSSR count). The number of unbranched alkanes of at least 4 members (excludes halogenated alkanes) is 1. The maximum absolute atomic E-state index is 5.94. The molecule has 0 aromatic carbocycles. The highest BCUT2D eigenvalue weighted by Crippen LogP contribution is 2.48. The van der Waals surface area contributed by atoms with Crippen LogP contribution in [-0.2, 0) is 4.74 Å². The number of rotatable bonds is 3. The van der Waals surface area contributed by atoms with Crippen LogP contribution in [-0.4, -0.2) is 12.7 Å². The Morgan fingerprint density at radius 1 is 1.40 bits per heavy atom. The molecule has 15 heavy (non-hydrogen) atoms. The predicted molar refractivity (Wildman–Crippen MR) is 63.9 cm³/mol. The molecular weight excluding hydrogens is 184 g/mol. The first-order chi connectivity index (χ1) is 7.14. The van der Waals surface area contributed by atoms with Crippen molar-refractivity contribution in [3.8, 4) is 0 Å². The van der Waals surface area contributed by atoms with E-state index in [0.29, 0.717) is 11.5 Å². The molecule has 2 fully saturated rings. The van der Waals surface area contributed by atoms with Gasteiger partial charge < -0.3 is 4.74 Å². The summed E-state index contributed by atoms with van der Waals surface area (Å²) >= 11 is 0. The summed E-state index contributed by atoms with van der Waals surface area (Å²) in [5.74, 6) is 1.69. The average Bonchev–Trinajstić information content (AvgIpc) is 2.57. The van der Waals surface area contributed by atoms with Gasteiger partial charge >= 0.3 is 0 Å². The van der Waals surface area contributed by atoms with E-state index < -0.39 is 0 Å². The molecule has 0 spiro atoms. The Bertz CT molecular complexity index is 213. The number of hydrogen-bond acceptors (Lipinski definition) is 1. The molecule has 1 saturated heterocycles. The topological polar surface area (TPSA) is 9.23 Å². The summed E-state index contributed by atoms with van der Waals surface area (Å²) in [4.78, 5) is 0. The highest BCUT2D eigenvalue weighted by molar-refractivity contribution is 4.92. The average molecular weight is 210 g/mol. The van der Waals surface area contributed by atoms with Crippen LogP contribution >= 0.6 is 0 Å². The maximum atomic E-state index is 5.94. The van der Waals surface area contributed by atoms with Crippen molar-refractivity contribution in [2.75, 3.05) is 6.61 Å². The minimum atomic E-state index is 0.585. The van der Waals surface area contributed by atoms with Crippen molar-refractivity contribution >= 4 is 0 Å². The van der Waals surface area contributed by atoms with Crippen molar-refractivity contribution in [1.29, 1.82) is 0 Å². The Balaban J connectivity index is 1.92. The fraction of sp³-hybridized carbons (Fsp3) is 1.00. The lowest BCUT2D eigenvalue weighted by atomic mass is 9.66. The summed E-state index contributed by atoms with van der Waals surface area (Å²) in [7, 11) is 0. The van der Waals surface area contributed by atoms with Crippen LogP contribution in [0.15, 0.2) is 0 Å². The minimum Gasteiger partial charge on any atom is -0.378 e. The lowest BCUT2D eigenvalue weighted by Gasteiger charge is -2.40. The van der Waals surface area contributed by atoms with Crippen molar-refractivity contribution in [2.24, 2.45) is 17.3 Å². The van der Waals surface area contributed by atoms with Gasteiger partial charge in [-0.25, -0.2) is 0 Å². The third-order valence-electron chi connectivity index (χ3n) is 4.69. The van der Waals surface area contributed by atoms with E-state index >= 15 is 0 Å². The zero-order chi connectivity index (χ0) is 10.9. The van der Waals surface area contributed by atoms with Crippen molar-refractivity contribution in [1.82, 2.24) is 0 Å². The Morgan fingerprint density at radius 3 is 2.93 bits per heavy atom. The first kappa shape index (κ1) is 11.4. The largest absolute Gasteiger partial charge is 0.378 e. The second kappa shape index (κ2) is 4.45. The second-order valence-electron chi connectivity index (χ2n) is 6.17. The van der Waals surface area contributed by atoms with E-state index in [0.717, 1.165) is 18.4 Å². The molecule has 88 valence electrons. The van der Waals surface area contributed by atoms with Gasteiger partial charge in [-0.2, -0.15) is 0 Å². The fourth-order valence-electron chi connectivity index (χ4n) is 3.50. The van der Waals surface area contributed by atoms with Crippen LogP contribution in [0.5, 0.6) is 0 Å². The molecule has 4 atom stereocenters. The number of ether oxygens (including phenoxy) is 1. The van der Waals surface area contributed by atoms with Crippen LogP contribution in [0, 0.1) is 17.3 Å². The molecule has 1 saturated carbocycles. The summed E-state index contributed by atoms with van der Waals surface area (Å²) in [6.45, 7) is 8.15. The lowest BCUT2D eigenvalue weighted by Crippen LogP contribution is -2.34. The zero-order valence-corrected chi connectivity index (χ0v) is 10.6. The van der Waals surface area contributed by atoms with Gasteiger partial charge in [0.25, 0.3) is 0 Å². The minimum absolute atomic E-state index is 0.585. The van der Waals surface area contributed by atoms with Crippen LogP contribution in [0.25, 0.3) is 0 Å². The summed E-state index contributed by atoms with van der Waals surface area (Å²) in [6, 6.07) is 0. The molecule has 1 nitrogen and oxygen atoms in total. The zero-order valence-electron chi connectivity index (χ0n) is 10.6. The molecule has 0 aromatic rings. The summed E-state index contributed by atoms with van der Waals surface area (Å²) in [5.41, 5.74) is 0.585. The number of fused-ring (bicyclic) bond motifs is 1. The second-order valence-corrected chi connectivity index (χ2v) is 6.17. The van der Waals surface area contributed by atoms with Gasteiger partial charge in [0, 0.05) is 6.61 Å². The van der Waals surface area contributed by atoms with E-state index in [1.807, 2.05) is 0 Å². The van der Waals surface area contributed by atoms with Gasteiger partial charge in [-0.05, 0) is 42.9 Å². The van der Waals surface area contributed by atoms with E-state index in [2.05, 4.69) is 20.8 Å². The molecule has 1 aliphatic heterocycles. The number of hydrogen-bond donors (Lipinski definition) is 0. The standard InChI is InChI=1S/C14H26O/c1-4-5-7-14(3)8-6-12-11(2)10-15-13(12)9-14/h11-13H,4-10H2,1-3H3/t11-,12-,13?,14?/m0/s1. The Kier molecular flexibility index (Phi) is 3.39. The molecule has 1 heteroatoms. The molecule has 0 radical (unpaired) electrons.